The van der Waals surface area contributed by atoms with Crippen molar-refractivity contribution in [3.63, 3.8) is 0 Å². The molecule has 0 radical (unpaired) electrons. The van der Waals surface area contributed by atoms with Gasteiger partial charge in [-0.2, -0.15) is 0 Å². The predicted octanol–water partition coefficient (Wildman–Crippen LogP) is 1.07. The number of aliphatic carboxylic acids is 1. The van der Waals surface area contributed by atoms with E-state index >= 15 is 0 Å². The van der Waals surface area contributed by atoms with Crippen LogP contribution in [0.15, 0.2) is 29.2 Å². The van der Waals surface area contributed by atoms with Crippen molar-refractivity contribution in [3.8, 4) is 0 Å². The summed E-state index contributed by atoms with van der Waals surface area (Å²) in [5.74, 6) is -1.16. The first-order chi connectivity index (χ1) is 9.30. The molecule has 7 heteroatoms. The summed E-state index contributed by atoms with van der Waals surface area (Å²) in [7, 11) is -3.27. The maximum absolute atomic E-state index is 11.7. The zero-order valence-corrected chi connectivity index (χ0v) is 11.9. The van der Waals surface area contributed by atoms with Crippen molar-refractivity contribution < 1.29 is 23.1 Å². The number of carbonyl (C=O) groups excluding carboxylic acids is 1. The minimum atomic E-state index is -3.27. The monoisotopic (exact) mass is 299 g/mol. The quantitative estimate of drug-likeness (QED) is 0.734. The molecule has 6 nitrogen and oxygen atoms in total. The van der Waals surface area contributed by atoms with Gasteiger partial charge in [-0.1, -0.05) is 0 Å². The van der Waals surface area contributed by atoms with Gasteiger partial charge in [0.2, 0.25) is 0 Å². The molecule has 1 aromatic rings. The van der Waals surface area contributed by atoms with Crippen molar-refractivity contribution >= 4 is 21.7 Å². The van der Waals surface area contributed by atoms with Gasteiger partial charge in [-0.15, -0.1) is 0 Å². The van der Waals surface area contributed by atoms with E-state index in [0.717, 1.165) is 6.26 Å². The van der Waals surface area contributed by atoms with Crippen LogP contribution >= 0.6 is 0 Å². The van der Waals surface area contributed by atoms with Crippen LogP contribution in [0.5, 0.6) is 0 Å². The van der Waals surface area contributed by atoms with Crippen LogP contribution in [0.3, 0.4) is 0 Å². The molecule has 0 spiro atoms. The van der Waals surface area contributed by atoms with Gasteiger partial charge in [-0.05, 0) is 37.1 Å². The first-order valence-electron chi connectivity index (χ1n) is 6.11. The van der Waals surface area contributed by atoms with E-state index in [1.807, 2.05) is 0 Å². The minimum Gasteiger partial charge on any atom is -0.481 e. The second-order valence-electron chi connectivity index (χ2n) is 4.40. The molecule has 0 saturated carbocycles. The summed E-state index contributed by atoms with van der Waals surface area (Å²) in [5.41, 5.74) is 0.371. The molecule has 0 aromatic heterocycles. The lowest BCUT2D eigenvalue weighted by molar-refractivity contribution is -0.137. The molecular weight excluding hydrogens is 282 g/mol. The highest BCUT2D eigenvalue weighted by Crippen LogP contribution is 2.10. The number of nitrogens with one attached hydrogen (secondary N) is 1. The van der Waals surface area contributed by atoms with Gasteiger partial charge in [0.05, 0.1) is 4.90 Å². The number of amides is 1. The summed E-state index contributed by atoms with van der Waals surface area (Å²) < 4.78 is 22.5. The summed E-state index contributed by atoms with van der Waals surface area (Å²) >= 11 is 0. The van der Waals surface area contributed by atoms with Crippen molar-refractivity contribution in [1.29, 1.82) is 0 Å². The van der Waals surface area contributed by atoms with Gasteiger partial charge >= 0.3 is 5.97 Å². The van der Waals surface area contributed by atoms with E-state index in [4.69, 9.17) is 5.11 Å². The van der Waals surface area contributed by atoms with Crippen molar-refractivity contribution in [3.05, 3.63) is 29.8 Å². The van der Waals surface area contributed by atoms with Gasteiger partial charge in [0.1, 0.15) is 0 Å². The molecule has 1 aromatic carbocycles. The van der Waals surface area contributed by atoms with Crippen molar-refractivity contribution in [2.45, 2.75) is 24.2 Å². The predicted molar refractivity (Wildman–Crippen MR) is 73.4 cm³/mol. The van der Waals surface area contributed by atoms with Gasteiger partial charge in [0.15, 0.2) is 9.84 Å². The summed E-state index contributed by atoms with van der Waals surface area (Å²) in [5, 5.41) is 11.1. The molecular formula is C13H17NO5S. The van der Waals surface area contributed by atoms with E-state index < -0.39 is 15.8 Å². The fourth-order valence-electron chi connectivity index (χ4n) is 1.56. The Labute approximate surface area is 117 Å². The Morgan fingerprint density at radius 1 is 1.15 bits per heavy atom. The Balaban J connectivity index is 2.46. The highest BCUT2D eigenvalue weighted by atomic mass is 32.2. The summed E-state index contributed by atoms with van der Waals surface area (Å²) in [6, 6.07) is 5.66. The summed E-state index contributed by atoms with van der Waals surface area (Å²) in [6.45, 7) is 0.389. The van der Waals surface area contributed by atoms with Crippen molar-refractivity contribution in [2.75, 3.05) is 12.8 Å². The Morgan fingerprint density at radius 3 is 2.25 bits per heavy atom. The number of carbonyl (C=O) groups is 2. The molecule has 1 amide bonds. The normalized spacial score (nSPS) is 11.1. The number of rotatable bonds is 7. The average Bonchev–Trinajstić information content (AvgIpc) is 2.37. The number of unbranched alkanes of at least 4 members (excludes halogenated alkanes) is 1. The molecule has 0 atom stereocenters. The van der Waals surface area contributed by atoms with E-state index in [2.05, 4.69) is 5.32 Å². The van der Waals surface area contributed by atoms with E-state index in [9.17, 15) is 18.0 Å². The third kappa shape index (κ3) is 5.40. The fourth-order valence-corrected chi connectivity index (χ4v) is 2.19. The SMILES string of the molecule is CS(=O)(=O)c1ccc(C(=O)NCCCCC(=O)O)cc1. The zero-order chi connectivity index (χ0) is 15.2. The van der Waals surface area contributed by atoms with Crippen molar-refractivity contribution in [1.82, 2.24) is 5.32 Å². The smallest absolute Gasteiger partial charge is 0.303 e. The molecule has 0 unspecified atom stereocenters. The van der Waals surface area contributed by atoms with Gasteiger partial charge < -0.3 is 10.4 Å². The van der Waals surface area contributed by atoms with Gasteiger partial charge in [-0.3, -0.25) is 9.59 Å². The highest BCUT2D eigenvalue weighted by molar-refractivity contribution is 7.90. The number of benzene rings is 1. The summed E-state index contributed by atoms with van der Waals surface area (Å²) in [6.07, 6.45) is 2.27. The van der Waals surface area contributed by atoms with E-state index in [1.165, 1.54) is 24.3 Å². The topological polar surface area (TPSA) is 101 Å². The molecule has 0 fully saturated rings. The fraction of sp³-hybridized carbons (Fsp3) is 0.385. The molecule has 0 saturated heterocycles. The molecule has 20 heavy (non-hydrogen) atoms. The van der Waals surface area contributed by atoms with Crippen LogP contribution in [0.25, 0.3) is 0 Å². The summed E-state index contributed by atoms with van der Waals surface area (Å²) in [4.78, 5) is 22.2. The number of carboxylic acids is 1. The first kappa shape index (κ1) is 16.2. The molecule has 0 aliphatic heterocycles. The number of carboxylic acid groups (broad SMARTS) is 1. The lowest BCUT2D eigenvalue weighted by Crippen LogP contribution is -2.24. The lowest BCUT2D eigenvalue weighted by Gasteiger charge is -2.05. The van der Waals surface area contributed by atoms with E-state index in [1.54, 1.807) is 0 Å². The third-order valence-corrected chi connectivity index (χ3v) is 3.78. The molecule has 0 heterocycles. The van der Waals surface area contributed by atoms with Crippen LogP contribution in [0.1, 0.15) is 29.6 Å². The van der Waals surface area contributed by atoms with E-state index in [0.29, 0.717) is 24.9 Å². The van der Waals surface area contributed by atoms with Crippen LogP contribution in [0.2, 0.25) is 0 Å². The van der Waals surface area contributed by atoms with Crippen LogP contribution in [0.4, 0.5) is 0 Å². The van der Waals surface area contributed by atoms with Gasteiger partial charge in [0, 0.05) is 24.8 Å². The van der Waals surface area contributed by atoms with Crippen LogP contribution in [-0.4, -0.2) is 38.2 Å². The molecule has 0 bridgehead atoms. The Morgan fingerprint density at radius 2 is 1.75 bits per heavy atom. The third-order valence-electron chi connectivity index (χ3n) is 2.65. The molecule has 110 valence electrons. The van der Waals surface area contributed by atoms with E-state index in [-0.39, 0.29) is 17.2 Å². The highest BCUT2D eigenvalue weighted by Gasteiger charge is 2.09. The Bertz CT molecular complexity index is 577. The first-order valence-corrected chi connectivity index (χ1v) is 8.00. The van der Waals surface area contributed by atoms with Crippen LogP contribution < -0.4 is 5.32 Å². The second kappa shape index (κ2) is 7.04. The maximum Gasteiger partial charge on any atom is 0.303 e. The minimum absolute atomic E-state index is 0.0823. The van der Waals surface area contributed by atoms with Crippen molar-refractivity contribution in [2.24, 2.45) is 0 Å². The van der Waals surface area contributed by atoms with Crippen LogP contribution in [-0.2, 0) is 14.6 Å². The molecule has 1 rings (SSSR count). The maximum atomic E-state index is 11.7. The Kier molecular flexibility index (Phi) is 5.69. The largest absolute Gasteiger partial charge is 0.481 e. The number of hydrogen-bond acceptors (Lipinski definition) is 4. The molecule has 0 aliphatic rings. The Hall–Kier alpha value is -1.89. The van der Waals surface area contributed by atoms with Crippen LogP contribution in [0, 0.1) is 0 Å². The molecule has 2 N–H and O–H groups in total. The van der Waals surface area contributed by atoms with Gasteiger partial charge in [0.25, 0.3) is 5.91 Å². The second-order valence-corrected chi connectivity index (χ2v) is 6.42. The standard InChI is InChI=1S/C13H17NO5S/c1-20(18,19)11-7-5-10(6-8-11)13(17)14-9-3-2-4-12(15)16/h5-8H,2-4,9H2,1H3,(H,14,17)(H,15,16). The number of sulfone groups is 1. The van der Waals surface area contributed by atoms with Gasteiger partial charge in [-0.25, -0.2) is 8.42 Å². The number of hydrogen-bond donors (Lipinski definition) is 2. The zero-order valence-electron chi connectivity index (χ0n) is 11.1. The lowest BCUT2D eigenvalue weighted by atomic mass is 10.2. The molecule has 0 aliphatic carbocycles. The average molecular weight is 299 g/mol.